The van der Waals surface area contributed by atoms with Crippen molar-refractivity contribution in [2.45, 2.75) is 26.3 Å². The number of aromatic nitrogens is 3. The second-order valence-corrected chi connectivity index (χ2v) is 2.40. The normalized spacial score (nSPS) is 10.4. The van der Waals surface area contributed by atoms with Crippen LogP contribution in [0, 0.1) is 0 Å². The lowest BCUT2D eigenvalue weighted by molar-refractivity contribution is 0.269. The van der Waals surface area contributed by atoms with Gasteiger partial charge in [-0.1, -0.05) is 6.92 Å². The molecule has 1 aromatic heterocycles. The summed E-state index contributed by atoms with van der Waals surface area (Å²) in [7, 11) is 0. The minimum Gasteiger partial charge on any atom is -0.394 e. The highest BCUT2D eigenvalue weighted by molar-refractivity contribution is 4.80. The molecule has 0 unspecified atom stereocenters. The molecular weight excluding hydrogens is 142 g/mol. The smallest absolute Gasteiger partial charge is 0.150 e. The molecule has 4 heteroatoms. The Bertz CT molecular complexity index is 189. The van der Waals surface area contributed by atoms with E-state index < -0.39 is 0 Å². The highest BCUT2D eigenvalue weighted by Gasteiger charge is 1.97. The fourth-order valence-corrected chi connectivity index (χ4v) is 0.882. The van der Waals surface area contributed by atoms with Crippen molar-refractivity contribution in [1.82, 2.24) is 14.8 Å². The maximum Gasteiger partial charge on any atom is 0.150 e. The maximum absolute atomic E-state index is 8.57. The summed E-state index contributed by atoms with van der Waals surface area (Å²) in [5, 5.41) is 12.7. The zero-order chi connectivity index (χ0) is 8.10. The molecule has 0 aliphatic rings. The van der Waals surface area contributed by atoms with Crippen LogP contribution in [0.25, 0.3) is 0 Å². The molecular formula is C7H13N3O. The zero-order valence-electron chi connectivity index (χ0n) is 6.69. The van der Waals surface area contributed by atoms with Crippen LogP contribution in [0.5, 0.6) is 0 Å². The first-order valence-corrected chi connectivity index (χ1v) is 3.86. The Morgan fingerprint density at radius 3 is 3.09 bits per heavy atom. The Morgan fingerprint density at radius 1 is 1.64 bits per heavy atom. The van der Waals surface area contributed by atoms with Crippen LogP contribution < -0.4 is 0 Å². The number of aliphatic hydroxyl groups excluding tert-OH is 1. The Balaban J connectivity index is 2.51. The van der Waals surface area contributed by atoms with Gasteiger partial charge < -0.3 is 5.11 Å². The summed E-state index contributed by atoms with van der Waals surface area (Å²) in [4.78, 5) is 4.07. The van der Waals surface area contributed by atoms with Gasteiger partial charge in [0.05, 0.1) is 13.2 Å². The van der Waals surface area contributed by atoms with Crippen molar-refractivity contribution >= 4 is 0 Å². The van der Waals surface area contributed by atoms with E-state index in [1.54, 1.807) is 11.0 Å². The van der Waals surface area contributed by atoms with E-state index in [2.05, 4.69) is 17.0 Å². The number of hydrogen-bond donors (Lipinski definition) is 1. The summed E-state index contributed by atoms with van der Waals surface area (Å²) in [6.45, 7) is 2.75. The van der Waals surface area contributed by atoms with Gasteiger partial charge in [0.25, 0.3) is 0 Å². The van der Waals surface area contributed by atoms with Crippen LogP contribution in [0.3, 0.4) is 0 Å². The molecule has 1 heterocycles. The third-order valence-electron chi connectivity index (χ3n) is 1.39. The van der Waals surface area contributed by atoms with Crippen molar-refractivity contribution in [1.29, 1.82) is 0 Å². The second-order valence-electron chi connectivity index (χ2n) is 2.40. The predicted octanol–water partition coefficient (Wildman–Crippen LogP) is 0.223. The predicted molar refractivity (Wildman–Crippen MR) is 41.1 cm³/mol. The summed E-state index contributed by atoms with van der Waals surface area (Å²) >= 11 is 0. The van der Waals surface area contributed by atoms with Crippen LogP contribution in [0.2, 0.25) is 0 Å². The standard InChI is InChI=1S/C7H13N3O/c1-2-3-7-8-6-10(9-7)4-5-11/h6,11H,2-5H2,1H3. The molecule has 0 spiro atoms. The average molecular weight is 155 g/mol. The van der Waals surface area contributed by atoms with Crippen LogP contribution >= 0.6 is 0 Å². The van der Waals surface area contributed by atoms with Gasteiger partial charge in [-0.05, 0) is 6.42 Å². The number of rotatable bonds is 4. The molecule has 62 valence electrons. The van der Waals surface area contributed by atoms with E-state index >= 15 is 0 Å². The molecule has 11 heavy (non-hydrogen) atoms. The molecule has 0 bridgehead atoms. The summed E-state index contributed by atoms with van der Waals surface area (Å²) in [5.74, 6) is 0.862. The third kappa shape index (κ3) is 2.31. The Hall–Kier alpha value is -0.900. The second kappa shape index (κ2) is 4.08. The van der Waals surface area contributed by atoms with Crippen molar-refractivity contribution in [2.24, 2.45) is 0 Å². The van der Waals surface area contributed by atoms with Gasteiger partial charge in [0.2, 0.25) is 0 Å². The number of nitrogens with zero attached hydrogens (tertiary/aromatic N) is 3. The average Bonchev–Trinajstić information content (AvgIpc) is 2.38. The molecule has 0 amide bonds. The van der Waals surface area contributed by atoms with Crippen LogP contribution in [0.1, 0.15) is 19.2 Å². The van der Waals surface area contributed by atoms with Gasteiger partial charge in [0.15, 0.2) is 5.82 Å². The summed E-state index contributed by atoms with van der Waals surface area (Å²) in [6.07, 6.45) is 3.63. The summed E-state index contributed by atoms with van der Waals surface area (Å²) in [5.41, 5.74) is 0. The lowest BCUT2D eigenvalue weighted by Crippen LogP contribution is -2.02. The minimum atomic E-state index is 0.120. The van der Waals surface area contributed by atoms with E-state index in [0.29, 0.717) is 6.54 Å². The van der Waals surface area contributed by atoms with Crippen LogP contribution in [0.15, 0.2) is 6.33 Å². The molecule has 1 aromatic rings. The number of aliphatic hydroxyl groups is 1. The molecule has 1 N–H and O–H groups in total. The van der Waals surface area contributed by atoms with Crippen molar-refractivity contribution in [3.05, 3.63) is 12.2 Å². The van der Waals surface area contributed by atoms with E-state index in [4.69, 9.17) is 5.11 Å². The summed E-state index contributed by atoms with van der Waals surface area (Å²) in [6, 6.07) is 0. The Kier molecular flexibility index (Phi) is 3.04. The van der Waals surface area contributed by atoms with Gasteiger partial charge in [-0.2, -0.15) is 5.10 Å². The first kappa shape index (κ1) is 8.20. The Labute approximate surface area is 65.9 Å². The third-order valence-corrected chi connectivity index (χ3v) is 1.39. The van der Waals surface area contributed by atoms with Gasteiger partial charge in [-0.25, -0.2) is 4.98 Å². The molecule has 0 atom stereocenters. The fourth-order valence-electron chi connectivity index (χ4n) is 0.882. The van der Waals surface area contributed by atoms with Gasteiger partial charge in [-0.3, -0.25) is 4.68 Å². The van der Waals surface area contributed by atoms with E-state index in [1.807, 2.05) is 0 Å². The lowest BCUT2D eigenvalue weighted by Gasteiger charge is -1.92. The molecule has 0 radical (unpaired) electrons. The van der Waals surface area contributed by atoms with Crippen LogP contribution in [0.4, 0.5) is 0 Å². The highest BCUT2D eigenvalue weighted by Crippen LogP contribution is 1.93. The highest BCUT2D eigenvalue weighted by atomic mass is 16.3. The van der Waals surface area contributed by atoms with Gasteiger partial charge in [0.1, 0.15) is 6.33 Å². The fraction of sp³-hybridized carbons (Fsp3) is 0.714. The molecule has 0 fully saturated rings. The quantitative estimate of drug-likeness (QED) is 0.676. The molecule has 1 rings (SSSR count). The van der Waals surface area contributed by atoms with E-state index in [9.17, 15) is 0 Å². The number of aryl methyl sites for hydroxylation is 1. The first-order valence-electron chi connectivity index (χ1n) is 3.86. The summed E-state index contributed by atoms with van der Waals surface area (Å²) < 4.78 is 1.66. The molecule has 0 aliphatic carbocycles. The minimum absolute atomic E-state index is 0.120. The lowest BCUT2D eigenvalue weighted by atomic mass is 10.3. The van der Waals surface area contributed by atoms with E-state index in [-0.39, 0.29) is 6.61 Å². The molecule has 0 aromatic carbocycles. The van der Waals surface area contributed by atoms with Crippen LogP contribution in [-0.2, 0) is 13.0 Å². The van der Waals surface area contributed by atoms with Crippen molar-refractivity contribution in [3.63, 3.8) is 0 Å². The largest absolute Gasteiger partial charge is 0.394 e. The van der Waals surface area contributed by atoms with Gasteiger partial charge in [-0.15, -0.1) is 0 Å². The first-order chi connectivity index (χ1) is 5.36. The maximum atomic E-state index is 8.57. The zero-order valence-corrected chi connectivity index (χ0v) is 6.69. The number of hydrogen-bond acceptors (Lipinski definition) is 3. The molecule has 4 nitrogen and oxygen atoms in total. The van der Waals surface area contributed by atoms with Gasteiger partial charge >= 0.3 is 0 Å². The van der Waals surface area contributed by atoms with Crippen molar-refractivity contribution < 1.29 is 5.11 Å². The SMILES string of the molecule is CCCc1ncn(CCO)n1. The van der Waals surface area contributed by atoms with Gasteiger partial charge in [0, 0.05) is 6.42 Å². The van der Waals surface area contributed by atoms with E-state index in [0.717, 1.165) is 18.7 Å². The molecule has 0 saturated heterocycles. The molecule has 0 aliphatic heterocycles. The Morgan fingerprint density at radius 2 is 2.45 bits per heavy atom. The van der Waals surface area contributed by atoms with E-state index in [1.165, 1.54) is 0 Å². The molecule has 0 saturated carbocycles. The monoisotopic (exact) mass is 155 g/mol. The van der Waals surface area contributed by atoms with Crippen molar-refractivity contribution in [3.8, 4) is 0 Å². The van der Waals surface area contributed by atoms with Crippen molar-refractivity contribution in [2.75, 3.05) is 6.61 Å². The van der Waals surface area contributed by atoms with Crippen LogP contribution in [-0.4, -0.2) is 26.5 Å². The topological polar surface area (TPSA) is 50.9 Å².